The van der Waals surface area contributed by atoms with Gasteiger partial charge in [0.1, 0.15) is 18.5 Å². The zero-order valence-corrected chi connectivity index (χ0v) is 19.1. The number of nitrogens with one attached hydrogen (secondary N) is 2. The van der Waals surface area contributed by atoms with E-state index >= 15 is 0 Å². The van der Waals surface area contributed by atoms with Crippen molar-refractivity contribution < 1.29 is 9.84 Å². The SMILES string of the molecule is CCNC(=NCC(O)COc1cccc(C)c1)NCC1CCCN1CC.I. The van der Waals surface area contributed by atoms with E-state index in [1.807, 2.05) is 38.1 Å². The van der Waals surface area contributed by atoms with Gasteiger partial charge < -0.3 is 20.5 Å². The highest BCUT2D eigenvalue weighted by molar-refractivity contribution is 14.0. The van der Waals surface area contributed by atoms with E-state index in [9.17, 15) is 5.11 Å². The molecule has 1 saturated heterocycles. The lowest BCUT2D eigenvalue weighted by molar-refractivity contribution is 0.114. The molecule has 3 N–H and O–H groups in total. The first kappa shape index (κ1) is 24.0. The largest absolute Gasteiger partial charge is 0.491 e. The normalized spacial score (nSPS) is 18.7. The molecule has 2 atom stereocenters. The Morgan fingerprint density at radius 3 is 2.89 bits per heavy atom. The number of aliphatic hydroxyl groups excluding tert-OH is 1. The summed E-state index contributed by atoms with van der Waals surface area (Å²) in [5.74, 6) is 1.53. The van der Waals surface area contributed by atoms with Crippen LogP contribution in [0.1, 0.15) is 32.3 Å². The number of likely N-dealkylation sites (N-methyl/N-ethyl adjacent to an activating group) is 1. The first-order valence-electron chi connectivity index (χ1n) is 9.76. The number of guanidine groups is 1. The van der Waals surface area contributed by atoms with E-state index in [1.165, 1.54) is 19.4 Å². The average molecular weight is 490 g/mol. The van der Waals surface area contributed by atoms with Crippen LogP contribution in [0, 0.1) is 6.92 Å². The second-order valence-corrected chi connectivity index (χ2v) is 6.81. The molecule has 0 saturated carbocycles. The average Bonchev–Trinajstić information content (AvgIpc) is 3.10. The molecule has 2 unspecified atom stereocenters. The topological polar surface area (TPSA) is 69.1 Å². The van der Waals surface area contributed by atoms with Gasteiger partial charge in [0, 0.05) is 19.1 Å². The number of hydrogen-bond acceptors (Lipinski definition) is 4. The molecule has 1 heterocycles. The highest BCUT2D eigenvalue weighted by atomic mass is 127. The molecule has 1 fully saturated rings. The summed E-state index contributed by atoms with van der Waals surface area (Å²) in [6, 6.07) is 8.40. The second kappa shape index (κ2) is 13.2. The van der Waals surface area contributed by atoms with Crippen molar-refractivity contribution in [2.75, 3.05) is 39.3 Å². The van der Waals surface area contributed by atoms with Gasteiger partial charge in [-0.1, -0.05) is 19.1 Å². The number of aliphatic imine (C=N–C) groups is 1. The molecule has 0 amide bonds. The van der Waals surface area contributed by atoms with Crippen molar-refractivity contribution in [2.24, 2.45) is 4.99 Å². The molecule has 7 heteroatoms. The zero-order valence-electron chi connectivity index (χ0n) is 16.8. The summed E-state index contributed by atoms with van der Waals surface area (Å²) in [7, 11) is 0. The van der Waals surface area contributed by atoms with Crippen LogP contribution in [-0.4, -0.2) is 67.4 Å². The van der Waals surface area contributed by atoms with Gasteiger partial charge in [0.2, 0.25) is 0 Å². The third-order valence-corrected chi connectivity index (χ3v) is 4.65. The third-order valence-electron chi connectivity index (χ3n) is 4.65. The molecule has 154 valence electrons. The summed E-state index contributed by atoms with van der Waals surface area (Å²) in [5.41, 5.74) is 1.14. The zero-order chi connectivity index (χ0) is 18.8. The Morgan fingerprint density at radius 1 is 1.37 bits per heavy atom. The van der Waals surface area contributed by atoms with Crippen molar-refractivity contribution in [3.63, 3.8) is 0 Å². The number of hydrogen-bond donors (Lipinski definition) is 3. The van der Waals surface area contributed by atoms with Gasteiger partial charge in [0.15, 0.2) is 5.96 Å². The minimum Gasteiger partial charge on any atom is -0.491 e. The standard InChI is InChI=1S/C20H34N4O2.HI/c1-4-21-20(22-13-17-9-7-11-24(17)5-2)23-14-18(25)15-26-19-10-6-8-16(3)12-19;/h6,8,10,12,17-18,25H,4-5,7,9,11,13-15H2,1-3H3,(H2,21,22,23);1H. The first-order valence-corrected chi connectivity index (χ1v) is 9.76. The van der Waals surface area contributed by atoms with E-state index in [0.29, 0.717) is 12.6 Å². The molecule has 1 aromatic rings. The maximum Gasteiger partial charge on any atom is 0.191 e. The molecule has 27 heavy (non-hydrogen) atoms. The summed E-state index contributed by atoms with van der Waals surface area (Å²) in [6.07, 6.45) is 1.86. The van der Waals surface area contributed by atoms with Gasteiger partial charge in [-0.15, -0.1) is 24.0 Å². The fraction of sp³-hybridized carbons (Fsp3) is 0.650. The minimum atomic E-state index is -0.635. The Hall–Kier alpha value is -1.06. The van der Waals surface area contributed by atoms with E-state index in [4.69, 9.17) is 4.74 Å². The van der Waals surface area contributed by atoms with Crippen LogP contribution in [-0.2, 0) is 0 Å². The molecule has 1 aliphatic rings. The van der Waals surface area contributed by atoms with Crippen molar-refractivity contribution in [3.05, 3.63) is 29.8 Å². The smallest absolute Gasteiger partial charge is 0.191 e. The lowest BCUT2D eigenvalue weighted by Gasteiger charge is -2.24. The van der Waals surface area contributed by atoms with E-state index in [0.717, 1.165) is 36.9 Å². The van der Waals surface area contributed by atoms with Crippen LogP contribution in [0.5, 0.6) is 5.75 Å². The van der Waals surface area contributed by atoms with Crippen molar-refractivity contribution in [3.8, 4) is 5.75 Å². The van der Waals surface area contributed by atoms with Crippen LogP contribution in [0.4, 0.5) is 0 Å². The number of rotatable bonds is 9. The number of aryl methyl sites for hydroxylation is 1. The number of halogens is 1. The number of aliphatic hydroxyl groups is 1. The van der Waals surface area contributed by atoms with Gasteiger partial charge in [0.05, 0.1) is 6.54 Å². The van der Waals surface area contributed by atoms with Crippen LogP contribution in [0.2, 0.25) is 0 Å². The lowest BCUT2D eigenvalue weighted by Crippen LogP contribution is -2.45. The number of nitrogens with zero attached hydrogens (tertiary/aromatic N) is 2. The Kier molecular flexibility index (Phi) is 11.7. The summed E-state index contributed by atoms with van der Waals surface area (Å²) >= 11 is 0. The molecule has 0 aromatic heterocycles. The van der Waals surface area contributed by atoms with Crippen LogP contribution in [0.25, 0.3) is 0 Å². The molecule has 0 aliphatic carbocycles. The van der Waals surface area contributed by atoms with Gasteiger partial charge in [-0.25, -0.2) is 0 Å². The molecule has 0 bridgehead atoms. The first-order chi connectivity index (χ1) is 12.6. The van der Waals surface area contributed by atoms with Gasteiger partial charge in [-0.05, 0) is 57.5 Å². The second-order valence-electron chi connectivity index (χ2n) is 6.81. The molecule has 6 nitrogen and oxygen atoms in total. The third kappa shape index (κ3) is 8.66. The highest BCUT2D eigenvalue weighted by Gasteiger charge is 2.22. The van der Waals surface area contributed by atoms with Crippen LogP contribution in [0.3, 0.4) is 0 Å². The number of likely N-dealkylation sites (tertiary alicyclic amines) is 1. The van der Waals surface area contributed by atoms with Crippen molar-refractivity contribution >= 4 is 29.9 Å². The van der Waals surface area contributed by atoms with Crippen LogP contribution < -0.4 is 15.4 Å². The molecule has 0 radical (unpaired) electrons. The quantitative estimate of drug-likeness (QED) is 0.282. The number of ether oxygens (including phenoxy) is 1. The Morgan fingerprint density at radius 2 is 2.19 bits per heavy atom. The summed E-state index contributed by atoms with van der Waals surface area (Å²) in [4.78, 5) is 7.00. The van der Waals surface area contributed by atoms with E-state index in [1.54, 1.807) is 0 Å². The van der Waals surface area contributed by atoms with Gasteiger partial charge in [-0.2, -0.15) is 0 Å². The van der Waals surface area contributed by atoms with E-state index in [-0.39, 0.29) is 30.6 Å². The van der Waals surface area contributed by atoms with Gasteiger partial charge >= 0.3 is 0 Å². The maximum absolute atomic E-state index is 10.2. The van der Waals surface area contributed by atoms with Crippen molar-refractivity contribution in [2.45, 2.75) is 45.8 Å². The minimum absolute atomic E-state index is 0. The Bertz CT molecular complexity index is 571. The molecular formula is C20H35IN4O2. The Labute approximate surface area is 180 Å². The summed E-state index contributed by atoms with van der Waals surface area (Å²) in [6.45, 7) is 10.8. The predicted molar refractivity (Wildman–Crippen MR) is 122 cm³/mol. The molecular weight excluding hydrogens is 455 g/mol. The highest BCUT2D eigenvalue weighted by Crippen LogP contribution is 2.15. The fourth-order valence-corrected chi connectivity index (χ4v) is 3.25. The van der Waals surface area contributed by atoms with Crippen LogP contribution >= 0.6 is 24.0 Å². The monoisotopic (exact) mass is 490 g/mol. The van der Waals surface area contributed by atoms with Crippen molar-refractivity contribution in [1.29, 1.82) is 0 Å². The van der Waals surface area contributed by atoms with Gasteiger partial charge in [-0.3, -0.25) is 9.89 Å². The molecule has 1 aliphatic heterocycles. The predicted octanol–water partition coefficient (Wildman–Crippen LogP) is 2.39. The van der Waals surface area contributed by atoms with E-state index < -0.39 is 6.10 Å². The van der Waals surface area contributed by atoms with Gasteiger partial charge in [0.25, 0.3) is 0 Å². The van der Waals surface area contributed by atoms with Crippen LogP contribution in [0.15, 0.2) is 29.3 Å². The fourth-order valence-electron chi connectivity index (χ4n) is 3.25. The Balaban J connectivity index is 0.00000364. The van der Waals surface area contributed by atoms with Crippen molar-refractivity contribution in [1.82, 2.24) is 15.5 Å². The maximum atomic E-state index is 10.2. The van der Waals surface area contributed by atoms with E-state index in [2.05, 4.69) is 27.4 Å². The summed E-state index contributed by atoms with van der Waals surface area (Å²) in [5, 5.41) is 16.8. The number of benzene rings is 1. The summed E-state index contributed by atoms with van der Waals surface area (Å²) < 4.78 is 5.64. The molecule has 2 rings (SSSR count). The molecule has 1 aromatic carbocycles. The molecule has 0 spiro atoms. The lowest BCUT2D eigenvalue weighted by atomic mass is 10.2.